The van der Waals surface area contributed by atoms with Crippen LogP contribution in [0.2, 0.25) is 0 Å². The lowest BCUT2D eigenvalue weighted by molar-refractivity contribution is 0.258. The molecule has 0 atom stereocenters. The Labute approximate surface area is 94.1 Å². The molecule has 0 unspecified atom stereocenters. The lowest BCUT2D eigenvalue weighted by atomic mass is 10.2. The molecule has 0 fully saturated rings. The Morgan fingerprint density at radius 1 is 1.31 bits per heavy atom. The molecule has 1 aromatic carbocycles. The largest absolute Gasteiger partial charge is 0.491 e. The van der Waals surface area contributed by atoms with Gasteiger partial charge in [0.1, 0.15) is 12.4 Å². The van der Waals surface area contributed by atoms with Gasteiger partial charge < -0.3 is 14.4 Å². The van der Waals surface area contributed by atoms with Crippen molar-refractivity contribution in [2.45, 2.75) is 13.2 Å². The van der Waals surface area contributed by atoms with Gasteiger partial charge in [-0.05, 0) is 6.07 Å². The number of rotatable bonds is 5. The highest BCUT2D eigenvalue weighted by Crippen LogP contribution is 2.17. The lowest BCUT2D eigenvalue weighted by Gasteiger charge is -2.09. The van der Waals surface area contributed by atoms with Crippen molar-refractivity contribution in [2.24, 2.45) is 0 Å². The van der Waals surface area contributed by atoms with E-state index in [0.717, 1.165) is 17.9 Å². The highest BCUT2D eigenvalue weighted by atomic mass is 16.5. The van der Waals surface area contributed by atoms with Gasteiger partial charge in [-0.15, -0.1) is 0 Å². The molecule has 0 saturated heterocycles. The summed E-state index contributed by atoms with van der Waals surface area (Å²) in [5, 5.41) is 9.11. The first-order valence-electron chi connectivity index (χ1n) is 5.17. The third-order valence-electron chi connectivity index (χ3n) is 2.31. The normalized spacial score (nSPS) is 10.3. The standard InChI is InChI=1S/C12H14N2O2/c15-9-11-3-1-2-4-12(11)16-8-7-14-6-5-13-10-14/h1-6,10,15H,7-9H2. The third-order valence-corrected chi connectivity index (χ3v) is 2.31. The Bertz CT molecular complexity index is 426. The van der Waals surface area contributed by atoms with Gasteiger partial charge in [-0.2, -0.15) is 0 Å². The second kappa shape index (κ2) is 5.32. The molecule has 0 spiro atoms. The summed E-state index contributed by atoms with van der Waals surface area (Å²) in [5.74, 6) is 0.741. The Morgan fingerprint density at radius 3 is 2.94 bits per heavy atom. The second-order valence-electron chi connectivity index (χ2n) is 3.41. The SMILES string of the molecule is OCc1ccccc1OCCn1ccnc1. The summed E-state index contributed by atoms with van der Waals surface area (Å²) >= 11 is 0. The zero-order valence-electron chi connectivity index (χ0n) is 8.91. The first kappa shape index (κ1) is 10.7. The topological polar surface area (TPSA) is 47.3 Å². The average molecular weight is 218 g/mol. The van der Waals surface area contributed by atoms with Crippen molar-refractivity contribution < 1.29 is 9.84 Å². The molecular weight excluding hydrogens is 204 g/mol. The predicted octanol–water partition coefficient (Wildman–Crippen LogP) is 1.45. The molecule has 0 radical (unpaired) electrons. The van der Waals surface area contributed by atoms with Crippen LogP contribution in [0, 0.1) is 0 Å². The molecule has 4 nitrogen and oxygen atoms in total. The maximum atomic E-state index is 9.11. The molecule has 4 heteroatoms. The van der Waals surface area contributed by atoms with Crippen LogP contribution in [0.15, 0.2) is 43.0 Å². The monoisotopic (exact) mass is 218 g/mol. The van der Waals surface area contributed by atoms with Crippen molar-refractivity contribution in [3.8, 4) is 5.75 Å². The van der Waals surface area contributed by atoms with Gasteiger partial charge in [0.25, 0.3) is 0 Å². The fourth-order valence-electron chi connectivity index (χ4n) is 1.46. The summed E-state index contributed by atoms with van der Waals surface area (Å²) < 4.78 is 7.54. The number of ether oxygens (including phenoxy) is 1. The molecule has 16 heavy (non-hydrogen) atoms. The Hall–Kier alpha value is -1.81. The quantitative estimate of drug-likeness (QED) is 0.826. The van der Waals surface area contributed by atoms with Crippen LogP contribution in [0.5, 0.6) is 5.75 Å². The highest BCUT2D eigenvalue weighted by molar-refractivity contribution is 5.32. The fraction of sp³-hybridized carbons (Fsp3) is 0.250. The summed E-state index contributed by atoms with van der Waals surface area (Å²) in [4.78, 5) is 3.95. The van der Waals surface area contributed by atoms with E-state index in [4.69, 9.17) is 9.84 Å². The van der Waals surface area contributed by atoms with Crippen molar-refractivity contribution in [3.05, 3.63) is 48.5 Å². The molecule has 1 N–H and O–H groups in total. The number of nitrogens with zero attached hydrogens (tertiary/aromatic N) is 2. The maximum absolute atomic E-state index is 9.11. The van der Waals surface area contributed by atoms with E-state index in [1.807, 2.05) is 35.0 Å². The number of para-hydroxylation sites is 1. The minimum Gasteiger partial charge on any atom is -0.491 e. The van der Waals surface area contributed by atoms with Gasteiger partial charge in [-0.1, -0.05) is 18.2 Å². The number of aliphatic hydroxyl groups is 1. The highest BCUT2D eigenvalue weighted by Gasteiger charge is 2.00. The molecule has 0 saturated carbocycles. The first-order chi connectivity index (χ1) is 7.90. The predicted molar refractivity (Wildman–Crippen MR) is 60.1 cm³/mol. The molecular formula is C12H14N2O2. The number of benzene rings is 1. The number of hydrogen-bond acceptors (Lipinski definition) is 3. The average Bonchev–Trinajstić information content (AvgIpc) is 2.83. The molecule has 2 aromatic rings. The van der Waals surface area contributed by atoms with Crippen molar-refractivity contribution in [1.82, 2.24) is 9.55 Å². The Kier molecular flexibility index (Phi) is 3.56. The van der Waals surface area contributed by atoms with E-state index < -0.39 is 0 Å². The van der Waals surface area contributed by atoms with Crippen LogP contribution in [0.4, 0.5) is 0 Å². The lowest BCUT2D eigenvalue weighted by Crippen LogP contribution is -2.07. The van der Waals surface area contributed by atoms with Crippen molar-refractivity contribution >= 4 is 0 Å². The first-order valence-corrected chi connectivity index (χ1v) is 5.17. The summed E-state index contributed by atoms with van der Waals surface area (Å²) in [5.41, 5.74) is 0.813. The van der Waals surface area contributed by atoms with Crippen LogP contribution in [-0.2, 0) is 13.2 Å². The van der Waals surface area contributed by atoms with Crippen LogP contribution < -0.4 is 4.74 Å². The van der Waals surface area contributed by atoms with E-state index in [9.17, 15) is 0 Å². The zero-order chi connectivity index (χ0) is 11.2. The summed E-state index contributed by atoms with van der Waals surface area (Å²) in [6.07, 6.45) is 5.38. The molecule has 1 heterocycles. The van der Waals surface area contributed by atoms with Crippen LogP contribution in [-0.4, -0.2) is 21.3 Å². The van der Waals surface area contributed by atoms with E-state index >= 15 is 0 Å². The van der Waals surface area contributed by atoms with Crippen LogP contribution in [0.25, 0.3) is 0 Å². The number of aromatic nitrogens is 2. The maximum Gasteiger partial charge on any atom is 0.124 e. The Morgan fingerprint density at radius 2 is 2.19 bits per heavy atom. The molecule has 0 amide bonds. The fourth-order valence-corrected chi connectivity index (χ4v) is 1.46. The molecule has 0 aliphatic heterocycles. The van der Waals surface area contributed by atoms with E-state index in [0.29, 0.717) is 6.61 Å². The zero-order valence-corrected chi connectivity index (χ0v) is 8.91. The van der Waals surface area contributed by atoms with Crippen molar-refractivity contribution in [3.63, 3.8) is 0 Å². The molecule has 0 bridgehead atoms. The second-order valence-corrected chi connectivity index (χ2v) is 3.41. The van der Waals surface area contributed by atoms with Gasteiger partial charge in [0.2, 0.25) is 0 Å². The molecule has 0 aliphatic carbocycles. The van der Waals surface area contributed by atoms with Crippen LogP contribution in [0.3, 0.4) is 0 Å². The van der Waals surface area contributed by atoms with Crippen LogP contribution >= 0.6 is 0 Å². The summed E-state index contributed by atoms with van der Waals surface area (Å²) in [6, 6.07) is 7.49. The Balaban J connectivity index is 1.89. The van der Waals surface area contributed by atoms with E-state index in [1.54, 1.807) is 12.5 Å². The van der Waals surface area contributed by atoms with Gasteiger partial charge in [0.15, 0.2) is 0 Å². The molecule has 0 aliphatic rings. The molecule has 84 valence electrons. The van der Waals surface area contributed by atoms with Gasteiger partial charge in [-0.3, -0.25) is 0 Å². The third kappa shape index (κ3) is 2.61. The number of hydrogen-bond donors (Lipinski definition) is 1. The van der Waals surface area contributed by atoms with Crippen molar-refractivity contribution in [1.29, 1.82) is 0 Å². The van der Waals surface area contributed by atoms with Gasteiger partial charge in [-0.25, -0.2) is 4.98 Å². The van der Waals surface area contributed by atoms with Gasteiger partial charge >= 0.3 is 0 Å². The smallest absolute Gasteiger partial charge is 0.124 e. The van der Waals surface area contributed by atoms with Crippen LogP contribution in [0.1, 0.15) is 5.56 Å². The number of aliphatic hydroxyl groups excluding tert-OH is 1. The minimum absolute atomic E-state index is 0.00124. The van der Waals surface area contributed by atoms with E-state index in [-0.39, 0.29) is 6.61 Å². The summed E-state index contributed by atoms with van der Waals surface area (Å²) in [7, 11) is 0. The molecule has 2 rings (SSSR count). The molecule has 1 aromatic heterocycles. The van der Waals surface area contributed by atoms with Crippen molar-refractivity contribution in [2.75, 3.05) is 6.61 Å². The summed E-state index contributed by atoms with van der Waals surface area (Å²) in [6.45, 7) is 1.31. The minimum atomic E-state index is 0.00124. The number of imidazole rings is 1. The van der Waals surface area contributed by atoms with E-state index in [1.165, 1.54) is 0 Å². The van der Waals surface area contributed by atoms with E-state index in [2.05, 4.69) is 4.98 Å². The van der Waals surface area contributed by atoms with Gasteiger partial charge in [0.05, 0.1) is 19.5 Å². The van der Waals surface area contributed by atoms with Gasteiger partial charge in [0, 0.05) is 18.0 Å².